The maximum atomic E-state index is 13.5. The van der Waals surface area contributed by atoms with E-state index in [1.165, 1.54) is 23.2 Å². The number of para-hydroxylation sites is 1. The van der Waals surface area contributed by atoms with Crippen LogP contribution in [0.1, 0.15) is 38.6 Å². The molecule has 3 aromatic rings. The average Bonchev–Trinajstić information content (AvgIpc) is 3.57. The second-order valence-corrected chi connectivity index (χ2v) is 9.26. The summed E-state index contributed by atoms with van der Waals surface area (Å²) in [7, 11) is 1.37. The Morgan fingerprint density at radius 3 is 2.66 bits per heavy atom. The Kier molecular flexibility index (Phi) is 5.38. The summed E-state index contributed by atoms with van der Waals surface area (Å²) in [6.45, 7) is 4.10. The van der Waals surface area contributed by atoms with E-state index in [1.54, 1.807) is 12.4 Å². The number of rotatable bonds is 4. The van der Waals surface area contributed by atoms with Gasteiger partial charge in [0.1, 0.15) is 0 Å². The number of amides is 1. The van der Waals surface area contributed by atoms with E-state index in [1.807, 2.05) is 36.1 Å². The zero-order chi connectivity index (χ0) is 22.2. The molecule has 1 aromatic carbocycles. The molecule has 0 unspecified atom stereocenters. The van der Waals surface area contributed by atoms with E-state index in [0.29, 0.717) is 29.4 Å². The molecule has 0 bridgehead atoms. The summed E-state index contributed by atoms with van der Waals surface area (Å²) in [4.78, 5) is 36.6. The molecule has 0 spiro atoms. The SMILES string of the molecule is COC(=O)c1nc(N2CC[C@@H]3CCN(C(=O)c4ccccc4-n4nccn4)C[C@@H]32)sc1C. The molecular formula is C22H24N6O3S. The Labute approximate surface area is 189 Å². The number of benzene rings is 1. The lowest BCUT2D eigenvalue weighted by Crippen LogP contribution is -2.50. The lowest BCUT2D eigenvalue weighted by molar-refractivity contribution is 0.0594. The molecule has 2 aliphatic heterocycles. The Bertz CT molecular complexity index is 1140. The molecule has 0 saturated carbocycles. The van der Waals surface area contributed by atoms with Crippen LogP contribution in [0.3, 0.4) is 0 Å². The molecule has 2 aromatic heterocycles. The van der Waals surface area contributed by atoms with Crippen molar-refractivity contribution in [3.05, 3.63) is 52.8 Å². The minimum absolute atomic E-state index is 0.0197. The number of anilines is 1. The maximum Gasteiger partial charge on any atom is 0.357 e. The Morgan fingerprint density at radius 1 is 1.12 bits per heavy atom. The standard InChI is InChI=1S/C22H24N6O3S/c1-14-19(21(30)31-2)25-22(32-14)27-12-8-15-7-11-26(13-18(15)27)20(29)16-5-3-4-6-17(16)28-23-9-10-24-28/h3-6,9-10,15,18H,7-8,11-13H2,1-2H3/t15-,18-/m0/s1. The number of nitrogens with zero attached hydrogens (tertiary/aromatic N) is 6. The molecule has 2 saturated heterocycles. The van der Waals surface area contributed by atoms with E-state index in [0.717, 1.165) is 35.9 Å². The highest BCUT2D eigenvalue weighted by Crippen LogP contribution is 2.38. The minimum Gasteiger partial charge on any atom is -0.464 e. The molecular weight excluding hydrogens is 428 g/mol. The van der Waals surface area contributed by atoms with Crippen molar-refractivity contribution in [1.82, 2.24) is 24.9 Å². The zero-order valence-electron chi connectivity index (χ0n) is 18.0. The summed E-state index contributed by atoms with van der Waals surface area (Å²) in [5.41, 5.74) is 1.64. The molecule has 5 rings (SSSR count). The van der Waals surface area contributed by atoms with Gasteiger partial charge in [0.25, 0.3) is 5.91 Å². The van der Waals surface area contributed by atoms with Gasteiger partial charge in [-0.2, -0.15) is 15.0 Å². The summed E-state index contributed by atoms with van der Waals surface area (Å²) in [5, 5.41) is 9.21. The van der Waals surface area contributed by atoms with E-state index in [4.69, 9.17) is 4.74 Å². The third-order valence-corrected chi connectivity index (χ3v) is 7.34. The van der Waals surface area contributed by atoms with Crippen molar-refractivity contribution in [1.29, 1.82) is 0 Å². The van der Waals surface area contributed by atoms with Crippen LogP contribution in [0.15, 0.2) is 36.7 Å². The van der Waals surface area contributed by atoms with E-state index < -0.39 is 5.97 Å². The number of thiazole rings is 1. The van der Waals surface area contributed by atoms with Crippen molar-refractivity contribution < 1.29 is 14.3 Å². The van der Waals surface area contributed by atoms with Gasteiger partial charge in [-0.15, -0.1) is 11.3 Å². The smallest absolute Gasteiger partial charge is 0.357 e. The van der Waals surface area contributed by atoms with Crippen molar-refractivity contribution in [2.45, 2.75) is 25.8 Å². The number of methoxy groups -OCH3 is 1. The monoisotopic (exact) mass is 452 g/mol. The number of aromatic nitrogens is 4. The molecule has 0 N–H and O–H groups in total. The highest BCUT2D eigenvalue weighted by molar-refractivity contribution is 7.15. The molecule has 4 heterocycles. The van der Waals surface area contributed by atoms with Crippen LogP contribution in [-0.2, 0) is 4.74 Å². The third-order valence-electron chi connectivity index (χ3n) is 6.33. The number of hydrogen-bond donors (Lipinski definition) is 0. The molecule has 10 heteroatoms. The molecule has 2 aliphatic rings. The number of hydrogen-bond acceptors (Lipinski definition) is 8. The first kappa shape index (κ1) is 20.6. The van der Waals surface area contributed by atoms with Gasteiger partial charge in [0.15, 0.2) is 10.8 Å². The predicted molar refractivity (Wildman–Crippen MR) is 119 cm³/mol. The number of carbonyl (C=O) groups is 2. The van der Waals surface area contributed by atoms with Gasteiger partial charge in [-0.25, -0.2) is 9.78 Å². The fourth-order valence-electron chi connectivity index (χ4n) is 4.69. The summed E-state index contributed by atoms with van der Waals surface area (Å²) in [6, 6.07) is 7.60. The minimum atomic E-state index is -0.412. The van der Waals surface area contributed by atoms with Gasteiger partial charge in [0.2, 0.25) is 0 Å². The van der Waals surface area contributed by atoms with Gasteiger partial charge in [-0.3, -0.25) is 4.79 Å². The van der Waals surface area contributed by atoms with Crippen LogP contribution in [0.4, 0.5) is 5.13 Å². The van der Waals surface area contributed by atoms with Gasteiger partial charge in [0.05, 0.1) is 36.8 Å². The molecule has 32 heavy (non-hydrogen) atoms. The van der Waals surface area contributed by atoms with Crippen LogP contribution >= 0.6 is 11.3 Å². The second-order valence-electron chi connectivity index (χ2n) is 8.08. The van der Waals surface area contributed by atoms with Gasteiger partial charge in [-0.05, 0) is 37.8 Å². The maximum absolute atomic E-state index is 13.5. The molecule has 1 amide bonds. The largest absolute Gasteiger partial charge is 0.464 e. The van der Waals surface area contributed by atoms with Crippen LogP contribution in [-0.4, -0.2) is 69.5 Å². The Balaban J connectivity index is 1.39. The Hall–Kier alpha value is -3.27. The predicted octanol–water partition coefficient (Wildman–Crippen LogP) is 2.56. The number of ether oxygens (including phenoxy) is 1. The number of carbonyl (C=O) groups excluding carboxylic acids is 2. The van der Waals surface area contributed by atoms with E-state index >= 15 is 0 Å². The Morgan fingerprint density at radius 2 is 1.88 bits per heavy atom. The molecule has 9 nitrogen and oxygen atoms in total. The first-order valence-corrected chi connectivity index (χ1v) is 11.5. The van der Waals surface area contributed by atoms with Crippen molar-refractivity contribution in [2.24, 2.45) is 5.92 Å². The van der Waals surface area contributed by atoms with Crippen LogP contribution in [0, 0.1) is 12.8 Å². The van der Waals surface area contributed by atoms with Crippen LogP contribution in [0.25, 0.3) is 5.69 Å². The van der Waals surface area contributed by atoms with E-state index in [9.17, 15) is 9.59 Å². The van der Waals surface area contributed by atoms with Crippen molar-refractivity contribution >= 4 is 28.3 Å². The number of piperidine rings is 1. The normalized spacial score (nSPS) is 20.3. The van der Waals surface area contributed by atoms with Gasteiger partial charge in [-0.1, -0.05) is 12.1 Å². The molecule has 0 aliphatic carbocycles. The molecule has 2 fully saturated rings. The lowest BCUT2D eigenvalue weighted by atomic mass is 9.92. The van der Waals surface area contributed by atoms with Gasteiger partial charge < -0.3 is 14.5 Å². The van der Waals surface area contributed by atoms with Crippen molar-refractivity contribution in [3.8, 4) is 5.69 Å². The number of aryl methyl sites for hydroxylation is 1. The molecule has 166 valence electrons. The fraction of sp³-hybridized carbons (Fsp3) is 0.409. The highest BCUT2D eigenvalue weighted by atomic mass is 32.1. The van der Waals surface area contributed by atoms with E-state index in [2.05, 4.69) is 20.1 Å². The fourth-order valence-corrected chi connectivity index (χ4v) is 5.67. The number of esters is 1. The molecule has 2 atom stereocenters. The van der Waals surface area contributed by atoms with Crippen molar-refractivity contribution in [3.63, 3.8) is 0 Å². The van der Waals surface area contributed by atoms with Gasteiger partial charge >= 0.3 is 5.97 Å². The number of likely N-dealkylation sites (tertiary alicyclic amines) is 1. The van der Waals surface area contributed by atoms with Gasteiger partial charge in [0, 0.05) is 24.5 Å². The van der Waals surface area contributed by atoms with Crippen molar-refractivity contribution in [2.75, 3.05) is 31.6 Å². The quantitative estimate of drug-likeness (QED) is 0.562. The first-order chi connectivity index (χ1) is 15.6. The average molecular weight is 453 g/mol. The highest BCUT2D eigenvalue weighted by Gasteiger charge is 2.41. The van der Waals surface area contributed by atoms with Crippen LogP contribution in [0.2, 0.25) is 0 Å². The number of fused-ring (bicyclic) bond motifs is 1. The van der Waals surface area contributed by atoms with Crippen LogP contribution < -0.4 is 4.90 Å². The van der Waals surface area contributed by atoms with Crippen LogP contribution in [0.5, 0.6) is 0 Å². The lowest BCUT2D eigenvalue weighted by Gasteiger charge is -2.38. The first-order valence-electron chi connectivity index (χ1n) is 10.6. The second kappa shape index (κ2) is 8.34. The summed E-state index contributed by atoms with van der Waals surface area (Å²) in [6.07, 6.45) is 5.21. The summed E-state index contributed by atoms with van der Waals surface area (Å²) in [5.74, 6) is 0.0756. The topological polar surface area (TPSA) is 93.5 Å². The van der Waals surface area contributed by atoms with E-state index in [-0.39, 0.29) is 11.9 Å². The summed E-state index contributed by atoms with van der Waals surface area (Å²) < 4.78 is 4.86. The third kappa shape index (κ3) is 3.54. The summed E-state index contributed by atoms with van der Waals surface area (Å²) >= 11 is 1.51. The molecule has 0 radical (unpaired) electrons. The zero-order valence-corrected chi connectivity index (χ0v) is 18.8.